The molecule has 4 rings (SSSR count). The van der Waals surface area contributed by atoms with Gasteiger partial charge in [-0.1, -0.05) is 0 Å². The number of fused-ring (bicyclic) bond motifs is 1. The Balaban J connectivity index is 1.67. The van der Waals surface area contributed by atoms with Crippen LogP contribution in [0.3, 0.4) is 0 Å². The normalized spacial score (nSPS) is 21.6. The number of carbonyl (C=O) groups excluding carboxylic acids is 2. The smallest absolute Gasteiger partial charge is 0.329 e. The lowest BCUT2D eigenvalue weighted by Gasteiger charge is -2.36. The number of hydrogen-bond acceptors (Lipinski definition) is 5. The van der Waals surface area contributed by atoms with Crippen molar-refractivity contribution >= 4 is 28.5 Å². The Bertz CT molecular complexity index is 982. The molecule has 2 amide bonds. The van der Waals surface area contributed by atoms with Gasteiger partial charge in [0.25, 0.3) is 0 Å². The molecule has 1 aromatic heterocycles. The number of carbonyl (C=O) groups is 2. The van der Waals surface area contributed by atoms with E-state index in [9.17, 15) is 14.4 Å². The van der Waals surface area contributed by atoms with Gasteiger partial charge in [0.2, 0.25) is 11.8 Å². The van der Waals surface area contributed by atoms with Gasteiger partial charge >= 0.3 is 5.69 Å². The standard InChI is InChI=1S/C20H27N5O3/c1-22(2)13-8-10-24(11-9-13)14-4-5-15-17(12-14)23(3)20(28)25(15)16-6-7-18(26)21-19(16)27/h4-5,12-13,16H,6-11H2,1-3H3,(H,21,26,27). The summed E-state index contributed by atoms with van der Waals surface area (Å²) >= 11 is 0. The lowest BCUT2D eigenvalue weighted by molar-refractivity contribution is -0.135. The summed E-state index contributed by atoms with van der Waals surface area (Å²) in [5, 5.41) is 2.35. The van der Waals surface area contributed by atoms with Crippen LogP contribution in [-0.4, -0.2) is 59.1 Å². The summed E-state index contributed by atoms with van der Waals surface area (Å²) < 4.78 is 3.12. The fraction of sp³-hybridized carbons (Fsp3) is 0.550. The number of piperidine rings is 2. The molecule has 0 saturated carbocycles. The monoisotopic (exact) mass is 385 g/mol. The predicted molar refractivity (Wildman–Crippen MR) is 108 cm³/mol. The third-order valence-corrected chi connectivity index (χ3v) is 6.15. The number of nitrogens with zero attached hydrogens (tertiary/aromatic N) is 4. The summed E-state index contributed by atoms with van der Waals surface area (Å²) in [6.07, 6.45) is 2.82. The highest BCUT2D eigenvalue weighted by molar-refractivity contribution is 6.00. The Morgan fingerprint density at radius 1 is 1.04 bits per heavy atom. The predicted octanol–water partition coefficient (Wildman–Crippen LogP) is 0.848. The van der Waals surface area contributed by atoms with E-state index in [2.05, 4.69) is 29.2 Å². The summed E-state index contributed by atoms with van der Waals surface area (Å²) in [5.74, 6) is -0.682. The summed E-state index contributed by atoms with van der Waals surface area (Å²) in [4.78, 5) is 41.3. The highest BCUT2D eigenvalue weighted by atomic mass is 16.2. The minimum absolute atomic E-state index is 0.229. The molecule has 8 nitrogen and oxygen atoms in total. The Kier molecular flexibility index (Phi) is 4.74. The van der Waals surface area contributed by atoms with Crippen molar-refractivity contribution in [1.82, 2.24) is 19.4 Å². The maximum Gasteiger partial charge on any atom is 0.329 e. The first-order chi connectivity index (χ1) is 13.4. The number of benzene rings is 1. The van der Waals surface area contributed by atoms with E-state index in [-0.39, 0.29) is 18.0 Å². The zero-order chi connectivity index (χ0) is 20.0. The maximum absolute atomic E-state index is 12.9. The van der Waals surface area contributed by atoms with E-state index in [1.165, 1.54) is 4.57 Å². The van der Waals surface area contributed by atoms with Gasteiger partial charge in [0.15, 0.2) is 0 Å². The lowest BCUT2D eigenvalue weighted by atomic mass is 10.0. The minimum Gasteiger partial charge on any atom is -0.371 e. The van der Waals surface area contributed by atoms with Gasteiger partial charge in [0, 0.05) is 38.3 Å². The molecule has 8 heteroatoms. The second-order valence-electron chi connectivity index (χ2n) is 8.03. The minimum atomic E-state index is -0.643. The van der Waals surface area contributed by atoms with Crippen LogP contribution in [0.1, 0.15) is 31.7 Å². The molecule has 2 aliphatic rings. The van der Waals surface area contributed by atoms with Crippen molar-refractivity contribution in [2.24, 2.45) is 7.05 Å². The van der Waals surface area contributed by atoms with E-state index in [0.717, 1.165) is 42.7 Å². The maximum atomic E-state index is 12.9. The molecular weight excluding hydrogens is 358 g/mol. The van der Waals surface area contributed by atoms with Gasteiger partial charge in [-0.2, -0.15) is 0 Å². The number of aromatic nitrogens is 2. The van der Waals surface area contributed by atoms with Crippen molar-refractivity contribution in [3.8, 4) is 0 Å². The SMILES string of the molecule is CN(C)C1CCN(c2ccc3c(c2)n(C)c(=O)n3C2CCC(=O)NC2=O)CC1. The number of hydrogen-bond donors (Lipinski definition) is 1. The molecule has 0 spiro atoms. The van der Waals surface area contributed by atoms with Gasteiger partial charge in [0.1, 0.15) is 6.04 Å². The van der Waals surface area contributed by atoms with Crippen molar-refractivity contribution in [3.63, 3.8) is 0 Å². The van der Waals surface area contributed by atoms with Crippen LogP contribution >= 0.6 is 0 Å². The van der Waals surface area contributed by atoms with Crippen LogP contribution in [0.5, 0.6) is 0 Å². The summed E-state index contributed by atoms with van der Waals surface area (Å²) in [5.41, 5.74) is 2.41. The molecule has 1 N–H and O–H groups in total. The number of amides is 2. The number of imidazole rings is 1. The van der Waals surface area contributed by atoms with Gasteiger partial charge in [-0.05, 0) is 51.6 Å². The molecule has 2 fully saturated rings. The third kappa shape index (κ3) is 3.11. The van der Waals surface area contributed by atoms with Crippen molar-refractivity contribution < 1.29 is 9.59 Å². The fourth-order valence-corrected chi connectivity index (χ4v) is 4.42. The van der Waals surface area contributed by atoms with Crippen molar-refractivity contribution in [2.45, 2.75) is 37.8 Å². The second-order valence-corrected chi connectivity index (χ2v) is 8.03. The van der Waals surface area contributed by atoms with Gasteiger partial charge < -0.3 is 9.80 Å². The van der Waals surface area contributed by atoms with Gasteiger partial charge in [-0.25, -0.2) is 4.79 Å². The lowest BCUT2D eigenvalue weighted by Crippen LogP contribution is -2.44. The van der Waals surface area contributed by atoms with Crippen molar-refractivity contribution in [3.05, 3.63) is 28.7 Å². The summed E-state index contributed by atoms with van der Waals surface area (Å²) in [6, 6.07) is 5.96. The van der Waals surface area contributed by atoms with Crippen LogP contribution < -0.4 is 15.9 Å². The van der Waals surface area contributed by atoms with E-state index in [1.54, 1.807) is 11.6 Å². The number of anilines is 1. The number of rotatable bonds is 3. The average molecular weight is 385 g/mol. The van der Waals surface area contributed by atoms with Crippen LogP contribution in [0.25, 0.3) is 11.0 Å². The van der Waals surface area contributed by atoms with Crippen LogP contribution in [0.15, 0.2) is 23.0 Å². The summed E-state index contributed by atoms with van der Waals surface area (Å²) in [7, 11) is 5.98. The Labute approximate surface area is 163 Å². The molecule has 3 heterocycles. The summed E-state index contributed by atoms with van der Waals surface area (Å²) in [6.45, 7) is 1.96. The van der Waals surface area contributed by atoms with Gasteiger partial charge in [-0.3, -0.25) is 24.0 Å². The molecule has 28 heavy (non-hydrogen) atoms. The molecule has 2 aromatic rings. The topological polar surface area (TPSA) is 79.6 Å². The molecular formula is C20H27N5O3. The van der Waals surface area contributed by atoms with E-state index in [1.807, 2.05) is 18.2 Å². The molecule has 2 saturated heterocycles. The highest BCUT2D eigenvalue weighted by Crippen LogP contribution is 2.28. The number of nitrogens with one attached hydrogen (secondary N) is 1. The van der Waals surface area contributed by atoms with Crippen LogP contribution in [0.2, 0.25) is 0 Å². The molecule has 0 bridgehead atoms. The third-order valence-electron chi connectivity index (χ3n) is 6.15. The van der Waals surface area contributed by atoms with Crippen LogP contribution in [0, 0.1) is 0 Å². The molecule has 1 aromatic carbocycles. The largest absolute Gasteiger partial charge is 0.371 e. The zero-order valence-electron chi connectivity index (χ0n) is 16.6. The molecule has 1 atom stereocenters. The molecule has 2 aliphatic heterocycles. The number of imide groups is 1. The van der Waals surface area contributed by atoms with E-state index >= 15 is 0 Å². The second kappa shape index (κ2) is 7.09. The Hall–Kier alpha value is -2.61. The Morgan fingerprint density at radius 3 is 2.39 bits per heavy atom. The highest BCUT2D eigenvalue weighted by Gasteiger charge is 2.31. The molecule has 150 valence electrons. The van der Waals surface area contributed by atoms with Gasteiger partial charge in [-0.15, -0.1) is 0 Å². The average Bonchev–Trinajstić information content (AvgIpc) is 2.92. The van der Waals surface area contributed by atoms with Gasteiger partial charge in [0.05, 0.1) is 11.0 Å². The molecule has 0 radical (unpaired) electrons. The van der Waals surface area contributed by atoms with Crippen LogP contribution in [-0.2, 0) is 16.6 Å². The van der Waals surface area contributed by atoms with E-state index < -0.39 is 11.9 Å². The van der Waals surface area contributed by atoms with Crippen molar-refractivity contribution in [1.29, 1.82) is 0 Å². The first kappa shape index (κ1) is 18.7. The molecule has 0 aliphatic carbocycles. The zero-order valence-corrected chi connectivity index (χ0v) is 16.6. The van der Waals surface area contributed by atoms with Crippen LogP contribution in [0.4, 0.5) is 5.69 Å². The quantitative estimate of drug-likeness (QED) is 0.793. The first-order valence-corrected chi connectivity index (χ1v) is 9.83. The number of aryl methyl sites for hydroxylation is 1. The first-order valence-electron chi connectivity index (χ1n) is 9.83. The van der Waals surface area contributed by atoms with E-state index in [4.69, 9.17) is 0 Å². The molecule has 1 unspecified atom stereocenters. The van der Waals surface area contributed by atoms with E-state index in [0.29, 0.717) is 12.5 Å². The Morgan fingerprint density at radius 2 is 1.75 bits per heavy atom. The fourth-order valence-electron chi connectivity index (χ4n) is 4.42. The van der Waals surface area contributed by atoms with Crippen molar-refractivity contribution in [2.75, 3.05) is 32.1 Å².